The highest BCUT2D eigenvalue weighted by Gasteiger charge is 2.20. The number of aliphatic imine (C=N–C) groups is 1. The lowest BCUT2D eigenvalue weighted by Crippen LogP contribution is -2.65. The molecule has 1 heterocycles. The molecule has 9 heteroatoms. The lowest BCUT2D eigenvalue weighted by atomic mass is 10.7. The first-order valence-electron chi connectivity index (χ1n) is 3.68. The van der Waals surface area contributed by atoms with Crippen LogP contribution in [0.4, 0.5) is 4.79 Å². The van der Waals surface area contributed by atoms with Crippen LogP contribution >= 0.6 is 0 Å². The Morgan fingerprint density at radius 1 is 1.57 bits per heavy atom. The second-order valence-corrected chi connectivity index (χ2v) is 2.46. The number of rotatable bonds is 0. The highest BCUT2D eigenvalue weighted by molar-refractivity contribution is 5.79. The van der Waals surface area contributed by atoms with Crippen molar-refractivity contribution in [3.8, 4) is 6.19 Å². The summed E-state index contributed by atoms with van der Waals surface area (Å²) in [6.07, 6.45) is 1.53. The number of amides is 2. The van der Waals surface area contributed by atoms with Crippen molar-refractivity contribution in [3.63, 3.8) is 0 Å². The van der Waals surface area contributed by atoms with Crippen molar-refractivity contribution in [3.05, 3.63) is 0 Å². The molecule has 1 aliphatic rings. The van der Waals surface area contributed by atoms with Crippen LogP contribution in [-0.4, -0.2) is 35.2 Å². The maximum Gasteiger partial charge on any atom is 0.317 e. The highest BCUT2D eigenvalue weighted by atomic mass is 16.2. The van der Waals surface area contributed by atoms with E-state index in [0.717, 1.165) is 0 Å². The first-order chi connectivity index (χ1) is 6.65. The zero-order valence-corrected chi connectivity index (χ0v) is 7.27. The number of nitrogens with zero attached hydrogens (tertiary/aromatic N) is 4. The van der Waals surface area contributed by atoms with Crippen molar-refractivity contribution in [1.29, 1.82) is 5.26 Å². The fourth-order valence-corrected chi connectivity index (χ4v) is 0.871. The van der Waals surface area contributed by atoms with Crippen molar-refractivity contribution in [1.82, 2.24) is 20.9 Å². The van der Waals surface area contributed by atoms with E-state index >= 15 is 0 Å². The predicted molar refractivity (Wildman–Crippen MR) is 46.5 cm³/mol. The largest absolute Gasteiger partial charge is 0.368 e. The van der Waals surface area contributed by atoms with Gasteiger partial charge < -0.3 is 11.5 Å². The summed E-state index contributed by atoms with van der Waals surface area (Å²) in [6.45, 7) is 0.380. The average molecular weight is 198 g/mol. The topological polar surface area (TPSA) is 136 Å². The van der Waals surface area contributed by atoms with E-state index in [1.54, 1.807) is 0 Å². The standard InChI is InChI=1S/C5H10N8O/c6-1-9-4(7)13-3-12(5(8)14)2-10-11-13/h10-11H,2-3H2,(H2,7,9)(H2,8,14). The Morgan fingerprint density at radius 3 is 2.86 bits per heavy atom. The van der Waals surface area contributed by atoms with Gasteiger partial charge in [-0.05, 0) is 0 Å². The first-order valence-corrected chi connectivity index (χ1v) is 3.68. The molecule has 0 aromatic rings. The number of nitriles is 1. The summed E-state index contributed by atoms with van der Waals surface area (Å²) in [7, 11) is 0. The van der Waals surface area contributed by atoms with Gasteiger partial charge in [0, 0.05) is 0 Å². The molecule has 0 radical (unpaired) electrons. The molecule has 0 saturated carbocycles. The minimum absolute atomic E-state index is 0.0500. The van der Waals surface area contributed by atoms with E-state index < -0.39 is 6.03 Å². The van der Waals surface area contributed by atoms with Crippen molar-refractivity contribution >= 4 is 12.0 Å². The summed E-state index contributed by atoms with van der Waals surface area (Å²) in [5, 5.41) is 9.52. The highest BCUT2D eigenvalue weighted by Crippen LogP contribution is 1.93. The van der Waals surface area contributed by atoms with Crippen LogP contribution in [0.5, 0.6) is 0 Å². The van der Waals surface area contributed by atoms with Crippen molar-refractivity contribution in [2.24, 2.45) is 16.5 Å². The van der Waals surface area contributed by atoms with Crippen LogP contribution < -0.4 is 22.4 Å². The molecule has 1 rings (SSSR count). The van der Waals surface area contributed by atoms with E-state index in [1.165, 1.54) is 16.1 Å². The van der Waals surface area contributed by atoms with E-state index in [-0.39, 0.29) is 19.3 Å². The van der Waals surface area contributed by atoms with Crippen LogP contribution in [0, 0.1) is 11.5 Å². The molecule has 0 spiro atoms. The number of primary amides is 1. The Hall–Kier alpha value is -2.05. The predicted octanol–water partition coefficient (Wildman–Crippen LogP) is -2.60. The number of hydrogen-bond acceptors (Lipinski definition) is 5. The molecule has 6 N–H and O–H groups in total. The number of hydrazine groups is 2. The average Bonchev–Trinajstić information content (AvgIpc) is 2.18. The minimum atomic E-state index is -0.589. The van der Waals surface area contributed by atoms with Gasteiger partial charge in [-0.15, -0.1) is 4.99 Å². The van der Waals surface area contributed by atoms with Gasteiger partial charge in [0.1, 0.15) is 6.67 Å². The quantitative estimate of drug-likeness (QED) is 0.191. The normalized spacial score (nSPS) is 17.8. The Bertz CT molecular complexity index is 293. The molecule has 0 aromatic carbocycles. The Balaban J connectivity index is 2.61. The number of nitrogens with two attached hydrogens (primary N) is 2. The van der Waals surface area contributed by atoms with Crippen LogP contribution in [0.25, 0.3) is 0 Å². The van der Waals surface area contributed by atoms with E-state index in [0.29, 0.717) is 0 Å². The number of carbonyl (C=O) groups is 1. The summed E-state index contributed by atoms with van der Waals surface area (Å²) < 4.78 is 0. The SMILES string of the molecule is N#CN=C(N)N1CN(C(N)=O)CNN1. The Kier molecular flexibility index (Phi) is 3.05. The zero-order valence-electron chi connectivity index (χ0n) is 7.27. The van der Waals surface area contributed by atoms with Crippen molar-refractivity contribution in [2.75, 3.05) is 13.3 Å². The molecule has 76 valence electrons. The monoisotopic (exact) mass is 198 g/mol. The van der Waals surface area contributed by atoms with Gasteiger partial charge in [0.05, 0.1) is 6.67 Å². The maximum absolute atomic E-state index is 10.8. The van der Waals surface area contributed by atoms with Gasteiger partial charge in [0.2, 0.25) is 12.2 Å². The third-order valence-electron chi connectivity index (χ3n) is 1.55. The second kappa shape index (κ2) is 4.26. The fourth-order valence-electron chi connectivity index (χ4n) is 0.871. The summed E-state index contributed by atoms with van der Waals surface area (Å²) in [6, 6.07) is -0.589. The Labute approximate surface area is 79.9 Å². The van der Waals surface area contributed by atoms with Crippen molar-refractivity contribution < 1.29 is 4.79 Å². The number of urea groups is 1. The molecule has 0 atom stereocenters. The molecule has 14 heavy (non-hydrogen) atoms. The summed E-state index contributed by atoms with van der Waals surface area (Å²) >= 11 is 0. The first kappa shape index (κ1) is 10.0. The number of carbonyl (C=O) groups excluding carboxylic acids is 1. The van der Waals surface area contributed by atoms with Gasteiger partial charge in [-0.2, -0.15) is 10.8 Å². The minimum Gasteiger partial charge on any atom is -0.368 e. The molecule has 0 aliphatic carbocycles. The Morgan fingerprint density at radius 2 is 2.29 bits per heavy atom. The number of hydrogen-bond donors (Lipinski definition) is 4. The van der Waals surface area contributed by atoms with Crippen LogP contribution in [0.3, 0.4) is 0 Å². The summed E-state index contributed by atoms with van der Waals surface area (Å²) in [5.41, 5.74) is 15.7. The van der Waals surface area contributed by atoms with Crippen LogP contribution in [0.1, 0.15) is 0 Å². The van der Waals surface area contributed by atoms with Gasteiger partial charge in [-0.25, -0.2) is 15.2 Å². The van der Waals surface area contributed by atoms with Crippen LogP contribution in [0.15, 0.2) is 4.99 Å². The van der Waals surface area contributed by atoms with E-state index in [9.17, 15) is 4.79 Å². The molecule has 9 nitrogen and oxygen atoms in total. The molecule has 0 bridgehead atoms. The molecule has 1 aliphatic heterocycles. The lowest BCUT2D eigenvalue weighted by molar-refractivity contribution is 0.0803. The van der Waals surface area contributed by atoms with Gasteiger partial charge >= 0.3 is 6.03 Å². The molecule has 1 saturated heterocycles. The van der Waals surface area contributed by atoms with E-state index in [4.69, 9.17) is 16.7 Å². The zero-order chi connectivity index (χ0) is 10.6. The van der Waals surface area contributed by atoms with Crippen molar-refractivity contribution in [2.45, 2.75) is 0 Å². The summed E-state index contributed by atoms with van der Waals surface area (Å²) in [4.78, 5) is 15.3. The number of nitrogens with one attached hydrogen (secondary N) is 2. The second-order valence-electron chi connectivity index (χ2n) is 2.46. The van der Waals surface area contributed by atoms with E-state index in [1.807, 2.05) is 0 Å². The summed E-state index contributed by atoms with van der Waals surface area (Å²) in [5.74, 6) is -0.0500. The fraction of sp³-hybridized carbons (Fsp3) is 0.400. The van der Waals surface area contributed by atoms with Crippen LogP contribution in [-0.2, 0) is 0 Å². The number of guanidine groups is 1. The maximum atomic E-state index is 10.8. The third kappa shape index (κ3) is 2.22. The molecular weight excluding hydrogens is 188 g/mol. The van der Waals surface area contributed by atoms with Gasteiger partial charge in [-0.3, -0.25) is 4.90 Å². The molecular formula is C5H10N8O. The third-order valence-corrected chi connectivity index (χ3v) is 1.55. The molecule has 2 amide bonds. The van der Waals surface area contributed by atoms with Gasteiger partial charge in [0.25, 0.3) is 0 Å². The molecule has 1 fully saturated rings. The van der Waals surface area contributed by atoms with Crippen LogP contribution in [0.2, 0.25) is 0 Å². The van der Waals surface area contributed by atoms with E-state index in [2.05, 4.69) is 16.0 Å². The molecule has 0 aromatic heterocycles. The molecule has 0 unspecified atom stereocenters. The lowest BCUT2D eigenvalue weighted by Gasteiger charge is -2.35. The van der Waals surface area contributed by atoms with Gasteiger partial charge in [-0.1, -0.05) is 0 Å². The van der Waals surface area contributed by atoms with Gasteiger partial charge in [0.15, 0.2) is 0 Å². The smallest absolute Gasteiger partial charge is 0.317 e.